The van der Waals surface area contributed by atoms with E-state index in [2.05, 4.69) is 72.8 Å². The smallest absolute Gasteiger partial charge is 0.150 e. The van der Waals surface area contributed by atoms with E-state index >= 15 is 0 Å². The first-order valence-electron chi connectivity index (χ1n) is 8.04. The molecular weight excluding hydrogens is 312 g/mol. The average molecular weight is 333 g/mol. The molecule has 2 nitrogen and oxygen atoms in total. The van der Waals surface area contributed by atoms with Gasteiger partial charge >= 0.3 is 0 Å². The second-order valence-corrected chi connectivity index (χ2v) is 7.95. The fourth-order valence-electron chi connectivity index (χ4n) is 2.60. The van der Waals surface area contributed by atoms with Crippen LogP contribution in [0, 0.1) is 0 Å². The standard InChI is InChI=1S/C21H21O2Si/c1-22-19-14-12-18(13-15-19)16-23-17-24(20-8-4-2-5-9-20)21-10-6-3-7-11-21/h2-15H,16-17H2,1H3. The summed E-state index contributed by atoms with van der Waals surface area (Å²) in [6.07, 6.45) is 0.755. The number of benzene rings is 3. The van der Waals surface area contributed by atoms with Crippen molar-refractivity contribution >= 4 is 19.2 Å². The van der Waals surface area contributed by atoms with Gasteiger partial charge in [-0.1, -0.05) is 83.2 Å². The Morgan fingerprint density at radius 3 is 1.75 bits per heavy atom. The van der Waals surface area contributed by atoms with Crippen LogP contribution < -0.4 is 15.1 Å². The summed E-state index contributed by atoms with van der Waals surface area (Å²) >= 11 is 0. The summed E-state index contributed by atoms with van der Waals surface area (Å²) in [5.74, 6) is 0.872. The first kappa shape index (κ1) is 16.5. The molecule has 0 aliphatic rings. The summed E-state index contributed by atoms with van der Waals surface area (Å²) in [5, 5.41) is 2.76. The van der Waals surface area contributed by atoms with Crippen LogP contribution >= 0.6 is 0 Å². The van der Waals surface area contributed by atoms with E-state index in [1.165, 1.54) is 15.9 Å². The molecule has 0 N–H and O–H groups in total. The lowest BCUT2D eigenvalue weighted by Gasteiger charge is -2.16. The first-order chi connectivity index (χ1) is 11.9. The Hall–Kier alpha value is -2.36. The van der Waals surface area contributed by atoms with Gasteiger partial charge in [-0.15, -0.1) is 0 Å². The molecule has 0 saturated heterocycles. The van der Waals surface area contributed by atoms with E-state index in [4.69, 9.17) is 9.47 Å². The maximum Gasteiger partial charge on any atom is 0.150 e. The van der Waals surface area contributed by atoms with Gasteiger partial charge in [0, 0.05) is 6.23 Å². The minimum absolute atomic E-state index is 0.623. The molecule has 3 rings (SSSR count). The normalized spacial score (nSPS) is 10.8. The lowest BCUT2D eigenvalue weighted by molar-refractivity contribution is 0.162. The summed E-state index contributed by atoms with van der Waals surface area (Å²) in [4.78, 5) is 0. The monoisotopic (exact) mass is 333 g/mol. The lowest BCUT2D eigenvalue weighted by atomic mass is 10.2. The van der Waals surface area contributed by atoms with Crippen LogP contribution in [-0.2, 0) is 11.3 Å². The van der Waals surface area contributed by atoms with Crippen LogP contribution in [0.1, 0.15) is 5.56 Å². The Morgan fingerprint density at radius 2 is 1.25 bits per heavy atom. The van der Waals surface area contributed by atoms with Crippen molar-refractivity contribution in [1.29, 1.82) is 0 Å². The minimum atomic E-state index is -0.929. The van der Waals surface area contributed by atoms with E-state index in [1.54, 1.807) is 7.11 Å². The zero-order valence-corrected chi connectivity index (χ0v) is 14.8. The number of ether oxygens (including phenoxy) is 2. The van der Waals surface area contributed by atoms with Crippen LogP contribution in [0.4, 0.5) is 0 Å². The molecule has 3 aromatic rings. The van der Waals surface area contributed by atoms with Crippen LogP contribution in [0.5, 0.6) is 5.75 Å². The molecule has 0 aliphatic heterocycles. The third kappa shape index (κ3) is 4.34. The zero-order chi connectivity index (χ0) is 16.6. The molecular formula is C21H21O2Si. The third-order valence-electron chi connectivity index (χ3n) is 3.92. The molecule has 0 amide bonds. The maximum absolute atomic E-state index is 6.07. The molecule has 0 aromatic heterocycles. The summed E-state index contributed by atoms with van der Waals surface area (Å²) in [6.45, 7) is 0.623. The van der Waals surface area contributed by atoms with Gasteiger partial charge in [0.2, 0.25) is 0 Å². The SMILES string of the molecule is COc1ccc(COC[Si](c2ccccc2)c2ccccc2)cc1. The summed E-state index contributed by atoms with van der Waals surface area (Å²) in [5.41, 5.74) is 1.17. The van der Waals surface area contributed by atoms with Crippen LogP contribution in [0.2, 0.25) is 0 Å². The fraction of sp³-hybridized carbons (Fsp3) is 0.143. The van der Waals surface area contributed by atoms with Crippen molar-refractivity contribution in [1.82, 2.24) is 0 Å². The van der Waals surface area contributed by atoms with Crippen LogP contribution in [0.15, 0.2) is 84.9 Å². The Balaban J connectivity index is 1.68. The maximum atomic E-state index is 6.07. The Bertz CT molecular complexity index is 687. The average Bonchev–Trinajstić information content (AvgIpc) is 2.67. The van der Waals surface area contributed by atoms with Crippen molar-refractivity contribution in [3.63, 3.8) is 0 Å². The van der Waals surface area contributed by atoms with E-state index in [0.717, 1.165) is 12.0 Å². The zero-order valence-electron chi connectivity index (χ0n) is 13.8. The van der Waals surface area contributed by atoms with Crippen molar-refractivity contribution in [2.45, 2.75) is 6.61 Å². The number of methoxy groups -OCH3 is 1. The highest BCUT2D eigenvalue weighted by molar-refractivity contribution is 6.85. The number of rotatable bonds is 7. The molecule has 0 aliphatic carbocycles. The minimum Gasteiger partial charge on any atom is -0.497 e. The molecule has 0 saturated carbocycles. The quantitative estimate of drug-likeness (QED) is 0.619. The molecule has 0 atom stereocenters. The highest BCUT2D eigenvalue weighted by Gasteiger charge is 2.16. The van der Waals surface area contributed by atoms with Crippen LogP contribution in [0.3, 0.4) is 0 Å². The van der Waals surface area contributed by atoms with Crippen LogP contribution in [0.25, 0.3) is 0 Å². The second kappa shape index (κ2) is 8.48. The van der Waals surface area contributed by atoms with Crippen LogP contribution in [-0.4, -0.2) is 22.1 Å². The van der Waals surface area contributed by atoms with Gasteiger partial charge in [0.1, 0.15) is 5.75 Å². The molecule has 0 fully saturated rings. The summed E-state index contributed by atoms with van der Waals surface area (Å²) < 4.78 is 11.3. The molecule has 1 radical (unpaired) electrons. The van der Waals surface area contributed by atoms with Gasteiger partial charge in [-0.25, -0.2) is 0 Å². The molecule has 121 valence electrons. The molecule has 0 heterocycles. The topological polar surface area (TPSA) is 18.5 Å². The van der Waals surface area contributed by atoms with Gasteiger partial charge in [0.15, 0.2) is 8.80 Å². The molecule has 0 bridgehead atoms. The Morgan fingerprint density at radius 1 is 0.708 bits per heavy atom. The van der Waals surface area contributed by atoms with E-state index < -0.39 is 8.80 Å². The molecule has 0 spiro atoms. The third-order valence-corrected chi connectivity index (χ3v) is 6.47. The first-order valence-corrected chi connectivity index (χ1v) is 9.75. The Kier molecular flexibility index (Phi) is 5.83. The van der Waals surface area contributed by atoms with Crippen molar-refractivity contribution in [3.05, 3.63) is 90.5 Å². The molecule has 3 heteroatoms. The molecule has 24 heavy (non-hydrogen) atoms. The second-order valence-electron chi connectivity index (χ2n) is 5.55. The largest absolute Gasteiger partial charge is 0.497 e. The van der Waals surface area contributed by atoms with Gasteiger partial charge in [-0.05, 0) is 17.7 Å². The molecule has 0 unspecified atom stereocenters. The molecule has 3 aromatic carbocycles. The predicted octanol–water partition coefficient (Wildman–Crippen LogP) is 3.06. The van der Waals surface area contributed by atoms with Gasteiger partial charge in [-0.3, -0.25) is 0 Å². The van der Waals surface area contributed by atoms with Gasteiger partial charge < -0.3 is 9.47 Å². The van der Waals surface area contributed by atoms with Crippen molar-refractivity contribution < 1.29 is 9.47 Å². The number of hydrogen-bond acceptors (Lipinski definition) is 2. The summed E-state index contributed by atoms with van der Waals surface area (Å²) in [7, 11) is 0.752. The van der Waals surface area contributed by atoms with Crippen molar-refractivity contribution in [3.8, 4) is 5.75 Å². The summed E-state index contributed by atoms with van der Waals surface area (Å²) in [6, 6.07) is 29.4. The van der Waals surface area contributed by atoms with Crippen molar-refractivity contribution in [2.75, 3.05) is 13.3 Å². The lowest BCUT2D eigenvalue weighted by Crippen LogP contribution is -2.46. The number of hydrogen-bond donors (Lipinski definition) is 0. The highest BCUT2D eigenvalue weighted by atomic mass is 28.3. The van der Waals surface area contributed by atoms with E-state index in [-0.39, 0.29) is 0 Å². The van der Waals surface area contributed by atoms with Crippen molar-refractivity contribution in [2.24, 2.45) is 0 Å². The van der Waals surface area contributed by atoms with Gasteiger partial charge in [-0.2, -0.15) is 0 Å². The van der Waals surface area contributed by atoms with E-state index in [0.29, 0.717) is 6.61 Å². The predicted molar refractivity (Wildman–Crippen MR) is 101 cm³/mol. The Labute approximate surface area is 145 Å². The van der Waals surface area contributed by atoms with E-state index in [1.807, 2.05) is 12.1 Å². The fourth-order valence-corrected chi connectivity index (χ4v) is 4.77. The van der Waals surface area contributed by atoms with Gasteiger partial charge in [0.25, 0.3) is 0 Å². The highest BCUT2D eigenvalue weighted by Crippen LogP contribution is 2.12. The van der Waals surface area contributed by atoms with Gasteiger partial charge in [0.05, 0.1) is 13.7 Å². The van der Waals surface area contributed by atoms with E-state index in [9.17, 15) is 0 Å².